The van der Waals surface area contributed by atoms with Gasteiger partial charge in [0.1, 0.15) is 0 Å². The highest BCUT2D eigenvalue weighted by atomic mass is 15.3. The first-order chi connectivity index (χ1) is 14.1. The summed E-state index contributed by atoms with van der Waals surface area (Å²) >= 11 is 0. The lowest BCUT2D eigenvalue weighted by Crippen LogP contribution is -2.44. The van der Waals surface area contributed by atoms with Gasteiger partial charge in [-0.2, -0.15) is 10.1 Å². The summed E-state index contributed by atoms with van der Waals surface area (Å²) in [7, 11) is 2.17. The smallest absolute Gasteiger partial charge is 0.249 e. The maximum atomic E-state index is 4.55. The molecule has 0 unspecified atom stereocenters. The number of para-hydroxylation sites is 1. The van der Waals surface area contributed by atoms with Crippen LogP contribution < -0.4 is 15.5 Å². The average molecular weight is 390 g/mol. The summed E-state index contributed by atoms with van der Waals surface area (Å²) in [6.07, 6.45) is 1.63. The second-order valence-corrected chi connectivity index (χ2v) is 7.52. The SMILES string of the molecule is Cc1cccc(C)c1Nc1nncc(Nc2ccc(N3CCN(C)CC3)cc2)n1. The van der Waals surface area contributed by atoms with Gasteiger partial charge in [0.15, 0.2) is 5.82 Å². The van der Waals surface area contributed by atoms with Crippen molar-refractivity contribution in [3.05, 3.63) is 59.8 Å². The van der Waals surface area contributed by atoms with E-state index >= 15 is 0 Å². The van der Waals surface area contributed by atoms with Crippen molar-refractivity contribution in [1.29, 1.82) is 0 Å². The molecule has 0 aliphatic carbocycles. The minimum atomic E-state index is 0.474. The number of aromatic nitrogens is 3. The Bertz CT molecular complexity index is 943. The lowest BCUT2D eigenvalue weighted by atomic mass is 10.1. The van der Waals surface area contributed by atoms with E-state index in [9.17, 15) is 0 Å². The van der Waals surface area contributed by atoms with Gasteiger partial charge in [0.2, 0.25) is 5.95 Å². The Labute approximate surface area is 171 Å². The normalized spacial score (nSPS) is 14.7. The predicted molar refractivity (Wildman–Crippen MR) is 118 cm³/mol. The van der Waals surface area contributed by atoms with Crippen molar-refractivity contribution in [2.45, 2.75) is 13.8 Å². The summed E-state index contributed by atoms with van der Waals surface area (Å²) in [6.45, 7) is 8.45. The van der Waals surface area contributed by atoms with Gasteiger partial charge in [-0.1, -0.05) is 18.2 Å². The van der Waals surface area contributed by atoms with Crippen molar-refractivity contribution >= 4 is 28.8 Å². The zero-order chi connectivity index (χ0) is 20.2. The number of hydrogen-bond donors (Lipinski definition) is 2. The van der Waals surface area contributed by atoms with Crippen LogP contribution in [0.2, 0.25) is 0 Å². The van der Waals surface area contributed by atoms with E-state index in [0.717, 1.165) is 48.7 Å². The average Bonchev–Trinajstić information content (AvgIpc) is 2.72. The topological polar surface area (TPSA) is 69.2 Å². The van der Waals surface area contributed by atoms with Crippen molar-refractivity contribution in [2.24, 2.45) is 0 Å². The van der Waals surface area contributed by atoms with Gasteiger partial charge in [-0.3, -0.25) is 0 Å². The van der Waals surface area contributed by atoms with Crippen molar-refractivity contribution in [1.82, 2.24) is 20.1 Å². The maximum Gasteiger partial charge on any atom is 0.249 e. The molecule has 0 bridgehead atoms. The highest BCUT2D eigenvalue weighted by molar-refractivity contribution is 5.64. The Balaban J connectivity index is 1.44. The van der Waals surface area contributed by atoms with Crippen molar-refractivity contribution in [3.63, 3.8) is 0 Å². The number of aryl methyl sites for hydroxylation is 2. The third kappa shape index (κ3) is 4.63. The molecule has 2 aromatic carbocycles. The largest absolute Gasteiger partial charge is 0.369 e. The Kier molecular flexibility index (Phi) is 5.57. The lowest BCUT2D eigenvalue weighted by molar-refractivity contribution is 0.313. The molecule has 1 fully saturated rings. The molecule has 7 nitrogen and oxygen atoms in total. The molecule has 0 saturated carbocycles. The summed E-state index contributed by atoms with van der Waals surface area (Å²) in [6, 6.07) is 14.6. The molecule has 0 atom stereocenters. The monoisotopic (exact) mass is 389 g/mol. The van der Waals surface area contributed by atoms with E-state index < -0.39 is 0 Å². The highest BCUT2D eigenvalue weighted by Gasteiger charge is 2.14. The second-order valence-electron chi connectivity index (χ2n) is 7.52. The van der Waals surface area contributed by atoms with E-state index in [1.807, 2.05) is 6.07 Å². The van der Waals surface area contributed by atoms with Crippen LogP contribution >= 0.6 is 0 Å². The molecule has 2 N–H and O–H groups in total. The number of benzene rings is 2. The molecule has 1 aromatic heterocycles. The van der Waals surface area contributed by atoms with Crippen LogP contribution in [0.4, 0.5) is 28.8 Å². The molecule has 4 rings (SSSR count). The predicted octanol–water partition coefficient (Wildman–Crippen LogP) is 3.73. The number of anilines is 5. The molecule has 7 heteroatoms. The number of nitrogens with zero attached hydrogens (tertiary/aromatic N) is 5. The van der Waals surface area contributed by atoms with Gasteiger partial charge in [-0.15, -0.1) is 5.10 Å². The van der Waals surface area contributed by atoms with Crippen LogP contribution in [0.15, 0.2) is 48.7 Å². The summed E-state index contributed by atoms with van der Waals surface area (Å²) in [5.74, 6) is 1.13. The van der Waals surface area contributed by atoms with E-state index in [1.54, 1.807) is 6.20 Å². The second kappa shape index (κ2) is 8.45. The fraction of sp³-hybridized carbons (Fsp3) is 0.318. The van der Waals surface area contributed by atoms with Crippen LogP contribution in [-0.4, -0.2) is 53.3 Å². The maximum absolute atomic E-state index is 4.55. The van der Waals surface area contributed by atoms with Gasteiger partial charge in [-0.05, 0) is 56.3 Å². The molecule has 0 spiro atoms. The van der Waals surface area contributed by atoms with Crippen LogP contribution in [0.1, 0.15) is 11.1 Å². The van der Waals surface area contributed by atoms with Gasteiger partial charge < -0.3 is 20.4 Å². The van der Waals surface area contributed by atoms with Gasteiger partial charge in [0, 0.05) is 43.2 Å². The van der Waals surface area contributed by atoms with Gasteiger partial charge in [0.25, 0.3) is 0 Å². The molecule has 0 radical (unpaired) electrons. The summed E-state index contributed by atoms with van der Waals surface area (Å²) in [5, 5.41) is 14.8. The number of hydrogen-bond acceptors (Lipinski definition) is 7. The highest BCUT2D eigenvalue weighted by Crippen LogP contribution is 2.24. The molecule has 29 heavy (non-hydrogen) atoms. The van der Waals surface area contributed by atoms with Crippen LogP contribution in [0.25, 0.3) is 0 Å². The molecule has 3 aromatic rings. The number of likely N-dealkylation sites (N-methyl/N-ethyl adjacent to an activating group) is 1. The molecular formula is C22H27N7. The summed E-state index contributed by atoms with van der Waals surface area (Å²) < 4.78 is 0. The van der Waals surface area contributed by atoms with Gasteiger partial charge >= 0.3 is 0 Å². The van der Waals surface area contributed by atoms with E-state index in [-0.39, 0.29) is 0 Å². The first-order valence-corrected chi connectivity index (χ1v) is 9.92. The molecule has 150 valence electrons. The number of piperazine rings is 1. The minimum absolute atomic E-state index is 0.474. The standard InChI is InChI=1S/C22H27N7/c1-16-5-4-6-17(2)21(16)26-22-25-20(15-23-27-22)24-18-7-9-19(10-8-18)29-13-11-28(3)12-14-29/h4-10,15H,11-14H2,1-3H3,(H2,24,25,26,27). The molecule has 1 saturated heterocycles. The summed E-state index contributed by atoms with van der Waals surface area (Å²) in [4.78, 5) is 9.33. The molecule has 0 amide bonds. The van der Waals surface area contributed by atoms with Crippen LogP contribution in [0.3, 0.4) is 0 Å². The molecule has 1 aliphatic rings. The molecule has 2 heterocycles. The van der Waals surface area contributed by atoms with Crippen molar-refractivity contribution in [3.8, 4) is 0 Å². The molecular weight excluding hydrogens is 362 g/mol. The van der Waals surface area contributed by atoms with E-state index in [1.165, 1.54) is 5.69 Å². The van der Waals surface area contributed by atoms with Crippen molar-refractivity contribution in [2.75, 3.05) is 48.8 Å². The molecule has 1 aliphatic heterocycles. The Morgan fingerprint density at radius 1 is 0.862 bits per heavy atom. The van der Waals surface area contributed by atoms with Crippen LogP contribution in [0.5, 0.6) is 0 Å². The third-order valence-corrected chi connectivity index (χ3v) is 5.28. The van der Waals surface area contributed by atoms with Crippen LogP contribution in [-0.2, 0) is 0 Å². The number of nitrogens with one attached hydrogen (secondary N) is 2. The van der Waals surface area contributed by atoms with Crippen molar-refractivity contribution < 1.29 is 0 Å². The van der Waals surface area contributed by atoms with E-state index in [4.69, 9.17) is 0 Å². The zero-order valence-electron chi connectivity index (χ0n) is 17.2. The van der Waals surface area contributed by atoms with E-state index in [0.29, 0.717) is 11.8 Å². The van der Waals surface area contributed by atoms with Crippen LogP contribution in [0, 0.1) is 13.8 Å². The lowest BCUT2D eigenvalue weighted by Gasteiger charge is -2.34. The van der Waals surface area contributed by atoms with Gasteiger partial charge in [-0.25, -0.2) is 0 Å². The minimum Gasteiger partial charge on any atom is -0.369 e. The Hall–Kier alpha value is -3.19. The summed E-state index contributed by atoms with van der Waals surface area (Å²) in [5.41, 5.74) is 5.53. The number of rotatable bonds is 5. The fourth-order valence-corrected chi connectivity index (χ4v) is 3.51. The van der Waals surface area contributed by atoms with Gasteiger partial charge in [0.05, 0.1) is 6.20 Å². The third-order valence-electron chi connectivity index (χ3n) is 5.28. The first kappa shape index (κ1) is 19.1. The first-order valence-electron chi connectivity index (χ1n) is 9.92. The quantitative estimate of drug-likeness (QED) is 0.689. The van der Waals surface area contributed by atoms with E-state index in [2.05, 4.69) is 92.9 Å². The zero-order valence-corrected chi connectivity index (χ0v) is 17.2. The Morgan fingerprint density at radius 2 is 1.55 bits per heavy atom. The Morgan fingerprint density at radius 3 is 2.24 bits per heavy atom. The fourth-order valence-electron chi connectivity index (χ4n) is 3.51.